The summed E-state index contributed by atoms with van der Waals surface area (Å²) >= 11 is 0. The predicted octanol–water partition coefficient (Wildman–Crippen LogP) is 3.07. The fraction of sp³-hybridized carbons (Fsp3) is 0.296. The van der Waals surface area contributed by atoms with Gasteiger partial charge in [0.25, 0.3) is 0 Å². The van der Waals surface area contributed by atoms with E-state index in [-0.39, 0.29) is 16.6 Å². The van der Waals surface area contributed by atoms with Crippen molar-refractivity contribution in [3.8, 4) is 0 Å². The monoisotopic (exact) mass is 521 g/mol. The fourth-order valence-electron chi connectivity index (χ4n) is 4.34. The molecular weight excluding hydrogens is 490 g/mol. The lowest BCUT2D eigenvalue weighted by Crippen LogP contribution is -2.44. The lowest BCUT2D eigenvalue weighted by molar-refractivity contribution is -0.132. The van der Waals surface area contributed by atoms with Crippen LogP contribution in [-0.2, 0) is 19.6 Å². The van der Waals surface area contributed by atoms with Gasteiger partial charge in [-0.2, -0.15) is 0 Å². The second kappa shape index (κ2) is 11.5. The van der Waals surface area contributed by atoms with E-state index in [0.717, 1.165) is 43.1 Å². The molecule has 0 aromatic heterocycles. The third kappa shape index (κ3) is 6.52. The minimum atomic E-state index is -3.93. The Hall–Kier alpha value is -3.76. The summed E-state index contributed by atoms with van der Waals surface area (Å²) in [6.45, 7) is 2.73. The second-order valence-electron chi connectivity index (χ2n) is 9.05. The summed E-state index contributed by atoms with van der Waals surface area (Å²) in [6, 6.07) is 18.5. The first kappa shape index (κ1) is 26.3. The van der Waals surface area contributed by atoms with Crippen LogP contribution in [0, 0.1) is 5.41 Å². The number of hydrogen-bond donors (Lipinski definition) is 4. The number of carbonyl (C=O) groups excluding carboxylic acids is 2. The van der Waals surface area contributed by atoms with Crippen LogP contribution in [0.2, 0.25) is 0 Å². The van der Waals surface area contributed by atoms with Crippen LogP contribution in [0.15, 0.2) is 71.6 Å². The number of sulfonamides is 1. The van der Waals surface area contributed by atoms with Gasteiger partial charge in [0.15, 0.2) is 0 Å². The molecule has 37 heavy (non-hydrogen) atoms. The Balaban J connectivity index is 1.37. The molecule has 4 N–H and O–H groups in total. The van der Waals surface area contributed by atoms with Gasteiger partial charge >= 0.3 is 0 Å². The van der Waals surface area contributed by atoms with Crippen LogP contribution in [0.25, 0.3) is 10.8 Å². The van der Waals surface area contributed by atoms with Crippen LogP contribution in [-0.4, -0.2) is 56.6 Å². The van der Waals surface area contributed by atoms with Crippen LogP contribution in [0.3, 0.4) is 0 Å². The molecule has 2 amide bonds. The first-order valence-corrected chi connectivity index (χ1v) is 13.7. The Bertz CT molecular complexity index is 1420. The molecule has 0 spiro atoms. The largest absolute Gasteiger partial charge is 0.373 e. The highest BCUT2D eigenvalue weighted by Crippen LogP contribution is 2.20. The number of hydrogen-bond acceptors (Lipinski definition) is 6. The number of piperidine rings is 1. The van der Waals surface area contributed by atoms with Gasteiger partial charge in [-0.25, -0.2) is 13.1 Å². The Morgan fingerprint density at radius 1 is 0.946 bits per heavy atom. The molecule has 10 heteroatoms. The second-order valence-corrected chi connectivity index (χ2v) is 10.8. The number of amides is 2. The number of rotatable bonds is 8. The number of benzene rings is 3. The summed E-state index contributed by atoms with van der Waals surface area (Å²) in [4.78, 5) is 27.2. The van der Waals surface area contributed by atoms with E-state index in [2.05, 4.69) is 15.4 Å². The first-order chi connectivity index (χ1) is 17.7. The molecule has 1 aliphatic heterocycles. The summed E-state index contributed by atoms with van der Waals surface area (Å²) in [5.74, 6) is -0.884. The molecule has 3 aromatic carbocycles. The molecule has 4 rings (SSSR count). The van der Waals surface area contributed by atoms with Gasteiger partial charge < -0.3 is 15.5 Å². The summed E-state index contributed by atoms with van der Waals surface area (Å²) in [6.07, 6.45) is 3.12. The highest BCUT2D eigenvalue weighted by molar-refractivity contribution is 7.89. The van der Waals surface area contributed by atoms with Gasteiger partial charge in [0.2, 0.25) is 21.8 Å². The van der Waals surface area contributed by atoms with E-state index in [4.69, 9.17) is 5.41 Å². The smallest absolute Gasteiger partial charge is 0.244 e. The first-order valence-electron chi connectivity index (χ1n) is 12.3. The number of carbonyl (C=O) groups is 2. The number of para-hydroxylation sites is 1. The predicted molar refractivity (Wildman–Crippen MR) is 144 cm³/mol. The summed E-state index contributed by atoms with van der Waals surface area (Å²) < 4.78 is 27.7. The van der Waals surface area contributed by atoms with Crippen LogP contribution >= 0.6 is 0 Å². The molecule has 0 aliphatic carbocycles. The maximum absolute atomic E-state index is 12.8. The molecule has 1 aliphatic rings. The van der Waals surface area contributed by atoms with E-state index in [0.29, 0.717) is 11.3 Å². The average Bonchev–Trinajstić information content (AvgIpc) is 2.92. The highest BCUT2D eigenvalue weighted by Gasteiger charge is 2.23. The lowest BCUT2D eigenvalue weighted by atomic mass is 10.1. The molecule has 1 heterocycles. The van der Waals surface area contributed by atoms with Crippen LogP contribution in [0.1, 0.15) is 31.7 Å². The van der Waals surface area contributed by atoms with Crippen molar-refractivity contribution in [2.75, 3.05) is 25.0 Å². The molecule has 0 saturated carbocycles. The maximum Gasteiger partial charge on any atom is 0.244 e. The van der Waals surface area contributed by atoms with Crippen LogP contribution < -0.4 is 15.4 Å². The van der Waals surface area contributed by atoms with Gasteiger partial charge in [0, 0.05) is 24.3 Å². The fourth-order valence-corrected chi connectivity index (χ4v) is 5.36. The van der Waals surface area contributed by atoms with Gasteiger partial charge in [0.05, 0.1) is 11.4 Å². The van der Waals surface area contributed by atoms with E-state index in [1.807, 2.05) is 29.2 Å². The molecule has 3 aromatic rings. The van der Waals surface area contributed by atoms with E-state index >= 15 is 0 Å². The molecule has 194 valence electrons. The van der Waals surface area contributed by atoms with Crippen molar-refractivity contribution >= 4 is 44.1 Å². The van der Waals surface area contributed by atoms with Crippen LogP contribution in [0.4, 0.5) is 5.69 Å². The summed E-state index contributed by atoms with van der Waals surface area (Å²) in [5.41, 5.74) is 0.925. The number of amidine groups is 1. The van der Waals surface area contributed by atoms with Gasteiger partial charge in [-0.15, -0.1) is 0 Å². The molecule has 9 nitrogen and oxygen atoms in total. The minimum absolute atomic E-state index is 0.00633. The van der Waals surface area contributed by atoms with Gasteiger partial charge in [-0.05, 0) is 61.2 Å². The zero-order valence-corrected chi connectivity index (χ0v) is 21.5. The molecule has 0 radical (unpaired) electrons. The molecule has 1 saturated heterocycles. The van der Waals surface area contributed by atoms with Gasteiger partial charge in [-0.3, -0.25) is 15.0 Å². The van der Waals surface area contributed by atoms with Crippen molar-refractivity contribution in [1.82, 2.24) is 14.9 Å². The maximum atomic E-state index is 12.8. The molecule has 1 atom stereocenters. The van der Waals surface area contributed by atoms with E-state index in [1.165, 1.54) is 6.07 Å². The van der Waals surface area contributed by atoms with Crippen LogP contribution in [0.5, 0.6) is 0 Å². The van der Waals surface area contributed by atoms with Gasteiger partial charge in [0.1, 0.15) is 11.9 Å². The van der Waals surface area contributed by atoms with Gasteiger partial charge in [-0.1, -0.05) is 42.5 Å². The Morgan fingerprint density at radius 2 is 1.62 bits per heavy atom. The summed E-state index contributed by atoms with van der Waals surface area (Å²) in [7, 11) is -3.93. The van der Waals surface area contributed by atoms with Crippen molar-refractivity contribution in [2.45, 2.75) is 37.1 Å². The number of nitrogens with zero attached hydrogens (tertiary/aromatic N) is 1. The third-order valence-corrected chi connectivity index (χ3v) is 7.72. The van der Waals surface area contributed by atoms with E-state index in [9.17, 15) is 18.0 Å². The number of fused-ring (bicyclic) bond motifs is 1. The van der Waals surface area contributed by atoms with E-state index in [1.54, 1.807) is 43.3 Å². The lowest BCUT2D eigenvalue weighted by Gasteiger charge is -2.30. The zero-order chi connectivity index (χ0) is 26.4. The average molecular weight is 522 g/mol. The van der Waals surface area contributed by atoms with Crippen molar-refractivity contribution < 1.29 is 18.0 Å². The van der Waals surface area contributed by atoms with Crippen molar-refractivity contribution in [3.63, 3.8) is 0 Å². The third-order valence-electron chi connectivity index (χ3n) is 6.32. The number of nitrogens with one attached hydrogen (secondary N) is 4. The van der Waals surface area contributed by atoms with Crippen molar-refractivity contribution in [3.05, 3.63) is 72.3 Å². The Labute approximate surface area is 216 Å². The van der Waals surface area contributed by atoms with Crippen molar-refractivity contribution in [2.24, 2.45) is 0 Å². The molecule has 0 unspecified atom stereocenters. The topological polar surface area (TPSA) is 131 Å². The molecular formula is C27H31N5O4S. The number of likely N-dealkylation sites (tertiary alicyclic amines) is 1. The normalized spacial score (nSPS) is 14.7. The molecule has 1 fully saturated rings. The minimum Gasteiger partial charge on any atom is -0.373 e. The molecule has 0 bridgehead atoms. The summed E-state index contributed by atoms with van der Waals surface area (Å²) in [5, 5.41) is 15.7. The zero-order valence-electron chi connectivity index (χ0n) is 20.7. The standard InChI is InChI=1S/C27H31N5O4S/c1-19(27(34)32-15-7-2-8-16-32)30-24-12-6-5-11-23(24)26(28)31-25(33)18-29-37(35,36)22-14-13-20-9-3-4-10-21(20)17-22/h3-6,9-14,17,19,29-30H,2,7-8,15-16,18H2,1H3,(H2,28,31,33)/t19-/m0/s1. The quantitative estimate of drug-likeness (QED) is 0.267. The number of anilines is 1. The highest BCUT2D eigenvalue weighted by atomic mass is 32.2. The van der Waals surface area contributed by atoms with E-state index < -0.39 is 28.5 Å². The van der Waals surface area contributed by atoms with Crippen molar-refractivity contribution in [1.29, 1.82) is 5.41 Å². The Kier molecular flexibility index (Phi) is 8.20. The SMILES string of the molecule is C[C@H](Nc1ccccc1C(=N)NC(=O)CNS(=O)(=O)c1ccc2ccccc2c1)C(=O)N1CCCCC1. The Morgan fingerprint density at radius 3 is 2.38 bits per heavy atom.